The molecule has 0 spiro atoms. The van der Waals surface area contributed by atoms with Gasteiger partial charge in [-0.1, -0.05) is 23.4 Å². The van der Waals surface area contributed by atoms with E-state index in [4.69, 9.17) is 11.6 Å². The fraction of sp³-hybridized carbons (Fsp3) is 0.333. The van der Waals surface area contributed by atoms with E-state index < -0.39 is 0 Å². The van der Waals surface area contributed by atoms with E-state index in [0.717, 1.165) is 63.2 Å². The second-order valence-electron chi connectivity index (χ2n) is 7.04. The lowest BCUT2D eigenvalue weighted by molar-refractivity contribution is -0.128. The zero-order chi connectivity index (χ0) is 21.1. The Morgan fingerprint density at radius 3 is 2.40 bits per heavy atom. The van der Waals surface area contributed by atoms with Crippen LogP contribution in [0.5, 0.6) is 0 Å². The normalized spacial score (nSPS) is 14.2. The van der Waals surface area contributed by atoms with Gasteiger partial charge in [0.1, 0.15) is 10.7 Å². The molecule has 2 aromatic heterocycles. The molecule has 0 radical (unpaired) electrons. The van der Waals surface area contributed by atoms with Crippen molar-refractivity contribution >= 4 is 46.3 Å². The Morgan fingerprint density at radius 2 is 1.80 bits per heavy atom. The number of aromatic nitrogens is 3. The maximum atomic E-state index is 12.6. The summed E-state index contributed by atoms with van der Waals surface area (Å²) < 4.78 is 0. The maximum absolute atomic E-state index is 12.6. The van der Waals surface area contributed by atoms with Crippen LogP contribution in [0, 0.1) is 13.8 Å². The van der Waals surface area contributed by atoms with Crippen LogP contribution in [0.25, 0.3) is 10.6 Å². The summed E-state index contributed by atoms with van der Waals surface area (Å²) in [5.74, 6) is 0.503. The van der Waals surface area contributed by atoms with Gasteiger partial charge in [-0.25, -0.2) is 4.98 Å². The first-order chi connectivity index (χ1) is 14.5. The van der Waals surface area contributed by atoms with Gasteiger partial charge in [0.05, 0.1) is 21.3 Å². The van der Waals surface area contributed by atoms with E-state index in [9.17, 15) is 4.79 Å². The van der Waals surface area contributed by atoms with Crippen molar-refractivity contribution in [2.75, 3.05) is 36.8 Å². The van der Waals surface area contributed by atoms with Gasteiger partial charge < -0.3 is 9.80 Å². The fourth-order valence-electron chi connectivity index (χ4n) is 3.38. The van der Waals surface area contributed by atoms with Crippen LogP contribution in [0.3, 0.4) is 0 Å². The minimum atomic E-state index is 0.135. The molecule has 1 aliphatic rings. The minimum Gasteiger partial charge on any atom is -0.368 e. The number of halogens is 1. The topological polar surface area (TPSA) is 62.2 Å². The van der Waals surface area contributed by atoms with Gasteiger partial charge in [0.25, 0.3) is 0 Å². The zero-order valence-electron chi connectivity index (χ0n) is 16.8. The lowest BCUT2D eigenvalue weighted by Crippen LogP contribution is -2.49. The summed E-state index contributed by atoms with van der Waals surface area (Å²) in [6.45, 7) is 7.04. The van der Waals surface area contributed by atoms with Gasteiger partial charge in [-0.3, -0.25) is 4.79 Å². The third kappa shape index (κ3) is 4.94. The average molecular weight is 460 g/mol. The third-order valence-corrected chi connectivity index (χ3v) is 7.20. The van der Waals surface area contributed by atoms with E-state index in [-0.39, 0.29) is 5.91 Å². The lowest BCUT2D eigenvalue weighted by atomic mass is 10.2. The van der Waals surface area contributed by atoms with Crippen molar-refractivity contribution in [3.05, 3.63) is 52.1 Å². The number of nitrogens with zero attached hydrogens (tertiary/aromatic N) is 5. The SMILES string of the molecule is Cc1nc(C)c(-c2ccc(SCC(=O)N3CCN(c4ccc(Cl)cc4)CC3)nn2)s1. The van der Waals surface area contributed by atoms with Crippen LogP contribution in [-0.2, 0) is 4.79 Å². The van der Waals surface area contributed by atoms with Crippen LogP contribution < -0.4 is 4.90 Å². The van der Waals surface area contributed by atoms with E-state index in [2.05, 4.69) is 20.1 Å². The summed E-state index contributed by atoms with van der Waals surface area (Å²) in [6, 6.07) is 11.7. The van der Waals surface area contributed by atoms with Crippen LogP contribution in [0.4, 0.5) is 5.69 Å². The van der Waals surface area contributed by atoms with Crippen LogP contribution in [0.15, 0.2) is 41.4 Å². The number of piperazine rings is 1. The van der Waals surface area contributed by atoms with Gasteiger partial charge in [0.2, 0.25) is 5.91 Å². The molecule has 3 heterocycles. The number of aryl methyl sites for hydroxylation is 2. The van der Waals surface area contributed by atoms with Gasteiger partial charge in [-0.2, -0.15) is 0 Å². The van der Waals surface area contributed by atoms with Gasteiger partial charge >= 0.3 is 0 Å². The first kappa shape index (κ1) is 21.1. The molecule has 1 aromatic carbocycles. The molecule has 0 N–H and O–H groups in total. The Balaban J connectivity index is 1.28. The summed E-state index contributed by atoms with van der Waals surface area (Å²) in [7, 11) is 0. The minimum absolute atomic E-state index is 0.135. The van der Waals surface area contributed by atoms with E-state index in [0.29, 0.717) is 5.75 Å². The van der Waals surface area contributed by atoms with Gasteiger partial charge in [-0.05, 0) is 50.2 Å². The molecule has 1 saturated heterocycles. The summed E-state index contributed by atoms with van der Waals surface area (Å²) in [4.78, 5) is 22.3. The first-order valence-corrected chi connectivity index (χ1v) is 11.9. The fourth-order valence-corrected chi connectivity index (χ4v) is 5.11. The van der Waals surface area contributed by atoms with Crippen LogP contribution >= 0.6 is 34.7 Å². The summed E-state index contributed by atoms with van der Waals surface area (Å²) in [5, 5.41) is 11.1. The van der Waals surface area contributed by atoms with Gasteiger partial charge in [-0.15, -0.1) is 21.5 Å². The summed E-state index contributed by atoms with van der Waals surface area (Å²) >= 11 is 9.01. The summed E-state index contributed by atoms with van der Waals surface area (Å²) in [6.07, 6.45) is 0. The van der Waals surface area contributed by atoms with E-state index in [1.54, 1.807) is 11.3 Å². The molecule has 156 valence electrons. The van der Waals surface area contributed by atoms with Crippen molar-refractivity contribution in [2.45, 2.75) is 18.9 Å². The molecule has 0 bridgehead atoms. The molecular formula is C21H22ClN5OS2. The van der Waals surface area contributed by atoms with E-state index in [1.165, 1.54) is 11.8 Å². The highest BCUT2D eigenvalue weighted by Gasteiger charge is 2.21. The Labute approximate surface area is 189 Å². The highest BCUT2D eigenvalue weighted by molar-refractivity contribution is 7.99. The molecular weight excluding hydrogens is 438 g/mol. The van der Waals surface area contributed by atoms with E-state index >= 15 is 0 Å². The lowest BCUT2D eigenvalue weighted by Gasteiger charge is -2.36. The number of amides is 1. The number of carbonyl (C=O) groups excluding carboxylic acids is 1. The molecule has 0 saturated carbocycles. The zero-order valence-corrected chi connectivity index (χ0v) is 19.2. The predicted molar refractivity (Wildman–Crippen MR) is 124 cm³/mol. The number of thioether (sulfide) groups is 1. The van der Waals surface area contributed by atoms with Crippen LogP contribution in [0.1, 0.15) is 10.7 Å². The van der Waals surface area contributed by atoms with Crippen molar-refractivity contribution < 1.29 is 4.79 Å². The smallest absolute Gasteiger partial charge is 0.233 e. The van der Waals surface area contributed by atoms with Crippen molar-refractivity contribution in [2.24, 2.45) is 0 Å². The van der Waals surface area contributed by atoms with Gasteiger partial charge in [0.15, 0.2) is 0 Å². The molecule has 1 amide bonds. The maximum Gasteiger partial charge on any atom is 0.233 e. The molecule has 1 aliphatic heterocycles. The van der Waals surface area contributed by atoms with Crippen molar-refractivity contribution in [1.29, 1.82) is 0 Å². The predicted octanol–water partition coefficient (Wildman–Crippen LogP) is 4.31. The summed E-state index contributed by atoms with van der Waals surface area (Å²) in [5.41, 5.74) is 2.94. The number of rotatable bonds is 5. The number of carbonyl (C=O) groups is 1. The molecule has 6 nitrogen and oxygen atoms in total. The number of benzene rings is 1. The van der Waals surface area contributed by atoms with Crippen molar-refractivity contribution in [3.63, 3.8) is 0 Å². The second kappa shape index (κ2) is 9.32. The Morgan fingerprint density at radius 1 is 1.07 bits per heavy atom. The standard InChI is InChI=1S/C21H22ClN5OS2/c1-14-21(30-15(2)23-14)18-7-8-19(25-24-18)29-13-20(28)27-11-9-26(10-12-27)17-5-3-16(22)4-6-17/h3-8H,9-13H2,1-2H3. The molecule has 3 aromatic rings. The van der Waals surface area contributed by atoms with Crippen LogP contribution in [-0.4, -0.2) is 57.9 Å². The second-order valence-corrected chi connectivity index (χ2v) is 9.67. The van der Waals surface area contributed by atoms with Gasteiger partial charge in [0, 0.05) is 36.9 Å². The van der Waals surface area contributed by atoms with Crippen LogP contribution in [0.2, 0.25) is 5.02 Å². The molecule has 0 unspecified atom stereocenters. The van der Waals surface area contributed by atoms with Crippen molar-refractivity contribution in [3.8, 4) is 10.6 Å². The quantitative estimate of drug-likeness (QED) is 0.530. The molecule has 4 rings (SSSR count). The Kier molecular flexibility index (Phi) is 6.55. The molecule has 9 heteroatoms. The first-order valence-electron chi connectivity index (χ1n) is 9.69. The molecule has 0 atom stereocenters. The number of hydrogen-bond donors (Lipinski definition) is 0. The molecule has 0 aliphatic carbocycles. The average Bonchev–Trinajstić information content (AvgIpc) is 3.11. The Hall–Kier alpha value is -2.16. The Bertz CT molecular complexity index is 1010. The van der Waals surface area contributed by atoms with Crippen molar-refractivity contribution in [1.82, 2.24) is 20.1 Å². The molecule has 1 fully saturated rings. The largest absolute Gasteiger partial charge is 0.368 e. The number of anilines is 1. The van der Waals surface area contributed by atoms with E-state index in [1.807, 2.05) is 55.1 Å². The third-order valence-electron chi connectivity index (χ3n) is 4.94. The molecule has 30 heavy (non-hydrogen) atoms. The number of hydrogen-bond acceptors (Lipinski definition) is 7. The highest BCUT2D eigenvalue weighted by atomic mass is 35.5. The highest BCUT2D eigenvalue weighted by Crippen LogP contribution is 2.28. The number of thiazole rings is 1. The monoisotopic (exact) mass is 459 g/mol.